The maximum absolute atomic E-state index is 11.6. The molecular formula is C13H25O6S2. The second-order valence-corrected chi connectivity index (χ2v) is 9.87. The Balaban J connectivity index is 3.72. The molecule has 0 fully saturated rings. The third-order valence-corrected chi connectivity index (χ3v) is 7.00. The number of hydrogen-bond acceptors (Lipinski definition) is 5. The number of rotatable bonds is 12. The highest BCUT2D eigenvalue weighted by molar-refractivity contribution is 7.92. The lowest BCUT2D eigenvalue weighted by molar-refractivity contribution is -0.136. The second kappa shape index (κ2) is 9.40. The van der Waals surface area contributed by atoms with Gasteiger partial charge in [-0.3, -0.25) is 4.79 Å². The second-order valence-electron chi connectivity index (χ2n) is 5.12. The Bertz CT molecular complexity index is 507. The first kappa shape index (κ1) is 20.4. The maximum Gasteiger partial charge on any atom is 0.321 e. The fourth-order valence-electron chi connectivity index (χ4n) is 1.76. The van der Waals surface area contributed by atoms with E-state index in [-0.39, 0.29) is 17.3 Å². The first-order valence-corrected chi connectivity index (χ1v) is 10.6. The molecule has 0 saturated carbocycles. The van der Waals surface area contributed by atoms with Crippen molar-refractivity contribution in [3.05, 3.63) is 6.92 Å². The Hall–Kier alpha value is -0.630. The topological polar surface area (TPSA) is 106 Å². The lowest BCUT2D eigenvalue weighted by Gasteiger charge is -2.08. The van der Waals surface area contributed by atoms with Crippen LogP contribution in [0.3, 0.4) is 0 Å². The third-order valence-electron chi connectivity index (χ3n) is 3.33. The molecule has 1 unspecified atom stereocenters. The Labute approximate surface area is 127 Å². The van der Waals surface area contributed by atoms with Gasteiger partial charge in [0, 0.05) is 0 Å². The average molecular weight is 341 g/mol. The summed E-state index contributed by atoms with van der Waals surface area (Å²) in [5, 5.41) is 7.31. The van der Waals surface area contributed by atoms with Gasteiger partial charge in [-0.15, -0.1) is 0 Å². The maximum atomic E-state index is 11.6. The fourth-order valence-corrected chi connectivity index (χ4v) is 3.88. The van der Waals surface area contributed by atoms with Crippen molar-refractivity contribution in [3.63, 3.8) is 0 Å². The molecule has 21 heavy (non-hydrogen) atoms. The van der Waals surface area contributed by atoms with E-state index in [1.807, 2.05) is 0 Å². The first-order chi connectivity index (χ1) is 9.62. The van der Waals surface area contributed by atoms with Gasteiger partial charge in [-0.2, -0.15) is 0 Å². The van der Waals surface area contributed by atoms with Gasteiger partial charge in [0.25, 0.3) is 0 Å². The summed E-state index contributed by atoms with van der Waals surface area (Å²) in [5.74, 6) is -1.36. The summed E-state index contributed by atoms with van der Waals surface area (Å²) in [6.45, 7) is 4.54. The van der Waals surface area contributed by atoms with E-state index >= 15 is 0 Å². The summed E-state index contributed by atoms with van der Waals surface area (Å²) in [6.07, 6.45) is 4.21. The lowest BCUT2D eigenvalue weighted by Crippen LogP contribution is -2.29. The van der Waals surface area contributed by atoms with E-state index in [0.717, 1.165) is 19.3 Å². The molecule has 0 rings (SSSR count). The van der Waals surface area contributed by atoms with Gasteiger partial charge in [-0.1, -0.05) is 25.7 Å². The van der Waals surface area contributed by atoms with Gasteiger partial charge in [0.1, 0.15) is 9.84 Å². The highest BCUT2D eigenvalue weighted by Gasteiger charge is 2.26. The van der Waals surface area contributed by atoms with Crippen LogP contribution in [0.1, 0.15) is 45.4 Å². The molecule has 0 aromatic rings. The van der Waals surface area contributed by atoms with E-state index in [1.54, 1.807) is 0 Å². The van der Waals surface area contributed by atoms with Crippen LogP contribution >= 0.6 is 0 Å². The van der Waals surface area contributed by atoms with Crippen molar-refractivity contribution in [3.8, 4) is 0 Å². The van der Waals surface area contributed by atoms with Crippen molar-refractivity contribution in [2.24, 2.45) is 0 Å². The van der Waals surface area contributed by atoms with Crippen molar-refractivity contribution in [1.29, 1.82) is 0 Å². The molecule has 6 nitrogen and oxygen atoms in total. The number of aliphatic carboxylic acids is 1. The molecule has 0 spiro atoms. The first-order valence-electron chi connectivity index (χ1n) is 7.06. The van der Waals surface area contributed by atoms with E-state index in [9.17, 15) is 21.6 Å². The van der Waals surface area contributed by atoms with Crippen molar-refractivity contribution < 1.29 is 26.7 Å². The molecule has 0 aliphatic carbocycles. The van der Waals surface area contributed by atoms with E-state index in [2.05, 4.69) is 6.92 Å². The van der Waals surface area contributed by atoms with Crippen LogP contribution in [0, 0.1) is 6.92 Å². The molecule has 8 heteroatoms. The summed E-state index contributed by atoms with van der Waals surface area (Å²) in [4.78, 5) is 10.6. The van der Waals surface area contributed by atoms with Crippen molar-refractivity contribution in [1.82, 2.24) is 0 Å². The molecule has 1 atom stereocenters. The van der Waals surface area contributed by atoms with E-state index in [4.69, 9.17) is 5.11 Å². The largest absolute Gasteiger partial charge is 0.480 e. The number of unbranched alkanes of at least 4 members (excludes halogenated alkanes) is 5. The quantitative estimate of drug-likeness (QED) is 0.539. The molecule has 0 aromatic carbocycles. The zero-order valence-corrected chi connectivity index (χ0v) is 14.1. The molecule has 0 saturated heterocycles. The van der Waals surface area contributed by atoms with Gasteiger partial charge in [0.15, 0.2) is 15.1 Å². The predicted molar refractivity (Wildman–Crippen MR) is 82.6 cm³/mol. The minimum absolute atomic E-state index is 0.0768. The van der Waals surface area contributed by atoms with Crippen LogP contribution in [-0.4, -0.2) is 50.4 Å². The van der Waals surface area contributed by atoms with Gasteiger partial charge < -0.3 is 5.11 Å². The summed E-state index contributed by atoms with van der Waals surface area (Å²) >= 11 is 0. The highest BCUT2D eigenvalue weighted by atomic mass is 32.2. The van der Waals surface area contributed by atoms with Gasteiger partial charge in [-0.05, 0) is 26.7 Å². The standard InChI is InChI=1S/C13H25O6S2/c1-3-20(16,17)10-8-6-4-5-7-9-11-21(18,19)12(2)13(14)15/h12H,1,3-11H2,2H3,(H,14,15). The molecule has 0 aliphatic rings. The molecule has 1 N–H and O–H groups in total. The normalized spacial score (nSPS) is 14.0. The third kappa shape index (κ3) is 9.08. The minimum Gasteiger partial charge on any atom is -0.480 e. The summed E-state index contributed by atoms with van der Waals surface area (Å²) in [5.41, 5.74) is 0. The number of carboxylic acid groups (broad SMARTS) is 1. The SMILES string of the molecule is [CH2]CS(=O)(=O)CCCCCCCCS(=O)(=O)C(C)C(=O)O. The van der Waals surface area contributed by atoms with Crippen LogP contribution in [0.2, 0.25) is 0 Å². The van der Waals surface area contributed by atoms with Crippen LogP contribution in [0.5, 0.6) is 0 Å². The molecule has 0 amide bonds. The smallest absolute Gasteiger partial charge is 0.321 e. The van der Waals surface area contributed by atoms with Gasteiger partial charge in [0.2, 0.25) is 0 Å². The number of hydrogen-bond donors (Lipinski definition) is 1. The molecule has 125 valence electrons. The molecule has 0 aliphatic heterocycles. The zero-order valence-electron chi connectivity index (χ0n) is 12.5. The number of sulfone groups is 2. The summed E-state index contributed by atoms with van der Waals surface area (Å²) in [6, 6.07) is 0. The Morgan fingerprint density at radius 3 is 1.81 bits per heavy atom. The Kier molecular flexibility index (Phi) is 9.12. The highest BCUT2D eigenvalue weighted by Crippen LogP contribution is 2.10. The Morgan fingerprint density at radius 1 is 0.952 bits per heavy atom. The van der Waals surface area contributed by atoms with E-state index in [1.165, 1.54) is 6.92 Å². The van der Waals surface area contributed by atoms with Crippen LogP contribution in [-0.2, 0) is 24.5 Å². The lowest BCUT2D eigenvalue weighted by atomic mass is 10.1. The predicted octanol–water partition coefficient (Wildman–Crippen LogP) is 1.46. The average Bonchev–Trinajstić information content (AvgIpc) is 2.40. The monoisotopic (exact) mass is 341 g/mol. The zero-order chi connectivity index (χ0) is 16.5. The van der Waals surface area contributed by atoms with Crippen LogP contribution in [0.15, 0.2) is 0 Å². The van der Waals surface area contributed by atoms with Gasteiger partial charge in [0.05, 0.1) is 17.3 Å². The van der Waals surface area contributed by atoms with Crippen LogP contribution < -0.4 is 0 Å². The number of carbonyl (C=O) groups is 1. The van der Waals surface area contributed by atoms with E-state index < -0.39 is 30.9 Å². The molecular weight excluding hydrogens is 316 g/mol. The molecule has 1 radical (unpaired) electrons. The van der Waals surface area contributed by atoms with Crippen molar-refractivity contribution in [2.75, 3.05) is 17.3 Å². The summed E-state index contributed by atoms with van der Waals surface area (Å²) in [7, 11) is -6.57. The van der Waals surface area contributed by atoms with Crippen molar-refractivity contribution in [2.45, 2.75) is 50.7 Å². The van der Waals surface area contributed by atoms with E-state index in [0.29, 0.717) is 19.3 Å². The fraction of sp³-hybridized carbons (Fsp3) is 0.846. The van der Waals surface area contributed by atoms with Crippen molar-refractivity contribution >= 4 is 25.6 Å². The molecule has 0 aromatic heterocycles. The van der Waals surface area contributed by atoms with Crippen LogP contribution in [0.4, 0.5) is 0 Å². The van der Waals surface area contributed by atoms with Gasteiger partial charge >= 0.3 is 5.97 Å². The Morgan fingerprint density at radius 2 is 1.38 bits per heavy atom. The molecule has 0 heterocycles. The molecule has 0 bridgehead atoms. The van der Waals surface area contributed by atoms with Crippen LogP contribution in [0.25, 0.3) is 0 Å². The van der Waals surface area contributed by atoms with Gasteiger partial charge in [-0.25, -0.2) is 16.8 Å². The summed E-state index contributed by atoms with van der Waals surface area (Å²) < 4.78 is 45.6. The number of carboxylic acids is 1. The minimum atomic E-state index is -3.57.